The van der Waals surface area contributed by atoms with Gasteiger partial charge in [-0.2, -0.15) is 0 Å². The van der Waals surface area contributed by atoms with E-state index in [9.17, 15) is 4.79 Å². The number of likely N-dealkylation sites (tertiary alicyclic amines) is 1. The van der Waals surface area contributed by atoms with Crippen molar-refractivity contribution in [3.63, 3.8) is 0 Å². The van der Waals surface area contributed by atoms with E-state index in [0.717, 1.165) is 64.1 Å². The summed E-state index contributed by atoms with van der Waals surface area (Å²) in [6, 6.07) is 8.92. The third-order valence-electron chi connectivity index (χ3n) is 6.81. The van der Waals surface area contributed by atoms with E-state index >= 15 is 0 Å². The predicted octanol–water partition coefficient (Wildman–Crippen LogP) is 3.09. The summed E-state index contributed by atoms with van der Waals surface area (Å²) in [7, 11) is 0. The van der Waals surface area contributed by atoms with Gasteiger partial charge in [0.1, 0.15) is 0 Å². The van der Waals surface area contributed by atoms with Gasteiger partial charge in [-0.05, 0) is 56.1 Å². The van der Waals surface area contributed by atoms with Gasteiger partial charge >= 0.3 is 0 Å². The van der Waals surface area contributed by atoms with Crippen LogP contribution in [0, 0.1) is 11.3 Å². The van der Waals surface area contributed by atoms with Crippen molar-refractivity contribution in [2.24, 2.45) is 11.3 Å². The number of nitrogens with zero attached hydrogens (tertiary/aromatic N) is 1. The summed E-state index contributed by atoms with van der Waals surface area (Å²) in [5, 5.41) is 4.69. The zero-order valence-electron chi connectivity index (χ0n) is 14.8. The van der Waals surface area contributed by atoms with Crippen molar-refractivity contribution in [3.05, 3.63) is 36.0 Å². The van der Waals surface area contributed by atoms with E-state index in [2.05, 4.69) is 45.7 Å². The minimum atomic E-state index is 0.0666. The Labute approximate surface area is 149 Å². The Morgan fingerprint density at radius 2 is 1.96 bits per heavy atom. The molecule has 1 saturated heterocycles. The van der Waals surface area contributed by atoms with Crippen molar-refractivity contribution in [2.75, 3.05) is 19.6 Å². The van der Waals surface area contributed by atoms with Gasteiger partial charge in [0.25, 0.3) is 0 Å². The van der Waals surface area contributed by atoms with Gasteiger partial charge in [0.2, 0.25) is 5.91 Å². The van der Waals surface area contributed by atoms with Gasteiger partial charge in [0.05, 0.1) is 0 Å². The van der Waals surface area contributed by atoms with Crippen LogP contribution in [0.3, 0.4) is 0 Å². The number of nitrogens with one attached hydrogen (secondary N) is 2. The summed E-state index contributed by atoms with van der Waals surface area (Å²) < 4.78 is 0. The molecule has 4 nitrogen and oxygen atoms in total. The summed E-state index contributed by atoms with van der Waals surface area (Å²) in [6.45, 7) is 3.31. The number of carbonyl (C=O) groups excluding carboxylic acids is 1. The van der Waals surface area contributed by atoms with E-state index in [1.807, 2.05) is 0 Å². The molecule has 0 radical (unpaired) electrons. The molecule has 1 aromatic heterocycles. The van der Waals surface area contributed by atoms with Gasteiger partial charge in [-0.1, -0.05) is 18.2 Å². The van der Waals surface area contributed by atoms with Crippen molar-refractivity contribution < 1.29 is 4.79 Å². The lowest BCUT2D eigenvalue weighted by Crippen LogP contribution is -2.62. The van der Waals surface area contributed by atoms with E-state index in [1.165, 1.54) is 16.5 Å². The first-order valence-corrected chi connectivity index (χ1v) is 9.80. The molecule has 4 aliphatic rings. The van der Waals surface area contributed by atoms with Crippen molar-refractivity contribution >= 4 is 16.8 Å². The molecular weight excluding hydrogens is 310 g/mol. The second kappa shape index (κ2) is 5.87. The summed E-state index contributed by atoms with van der Waals surface area (Å²) in [4.78, 5) is 18.3. The number of fused-ring (bicyclic) bond motifs is 1. The highest BCUT2D eigenvalue weighted by molar-refractivity contribution is 5.86. The fourth-order valence-corrected chi connectivity index (χ4v) is 5.01. The molecule has 1 amide bonds. The molecule has 0 unspecified atom stereocenters. The van der Waals surface area contributed by atoms with Crippen LogP contribution in [0.2, 0.25) is 0 Å². The maximum atomic E-state index is 12.4. The van der Waals surface area contributed by atoms with Crippen molar-refractivity contribution in [2.45, 2.75) is 44.6 Å². The fourth-order valence-electron chi connectivity index (χ4n) is 5.01. The van der Waals surface area contributed by atoms with Crippen LogP contribution in [-0.4, -0.2) is 41.5 Å². The van der Waals surface area contributed by atoms with Crippen LogP contribution in [0.15, 0.2) is 30.5 Å². The number of carbonyl (C=O) groups is 1. The minimum Gasteiger partial charge on any atom is -0.361 e. The Morgan fingerprint density at radius 3 is 2.68 bits per heavy atom. The van der Waals surface area contributed by atoms with Crippen molar-refractivity contribution in [1.82, 2.24) is 15.2 Å². The molecule has 4 fully saturated rings. The number of aromatic amines is 1. The second-order valence-electron chi connectivity index (χ2n) is 8.46. The first-order chi connectivity index (χ1) is 12.2. The van der Waals surface area contributed by atoms with E-state index in [4.69, 9.17) is 0 Å². The molecular formula is C21H27N3O. The smallest absolute Gasteiger partial charge is 0.226 e. The highest BCUT2D eigenvalue weighted by Crippen LogP contribution is 2.64. The Hall–Kier alpha value is -1.81. The topological polar surface area (TPSA) is 48.1 Å². The highest BCUT2D eigenvalue weighted by Gasteiger charge is 2.61. The number of hydrogen-bond acceptors (Lipinski definition) is 2. The normalized spacial score (nSPS) is 29.2. The molecule has 132 valence electrons. The van der Waals surface area contributed by atoms with Gasteiger partial charge in [0, 0.05) is 48.2 Å². The number of amides is 1. The molecule has 4 heteroatoms. The first-order valence-electron chi connectivity index (χ1n) is 9.80. The number of benzene rings is 1. The minimum absolute atomic E-state index is 0.0666. The second-order valence-corrected chi connectivity index (χ2v) is 8.46. The summed E-state index contributed by atoms with van der Waals surface area (Å²) in [5.41, 5.74) is 2.71. The molecule has 2 bridgehead atoms. The van der Waals surface area contributed by atoms with Gasteiger partial charge in [-0.15, -0.1) is 0 Å². The molecule has 2 aromatic rings. The van der Waals surface area contributed by atoms with Gasteiger partial charge in [0.15, 0.2) is 0 Å². The third kappa shape index (κ3) is 2.67. The highest BCUT2D eigenvalue weighted by atomic mass is 16.2. The van der Waals surface area contributed by atoms with Gasteiger partial charge in [-0.25, -0.2) is 0 Å². The van der Waals surface area contributed by atoms with Crippen molar-refractivity contribution in [1.29, 1.82) is 0 Å². The van der Waals surface area contributed by atoms with Crippen LogP contribution in [-0.2, 0) is 11.2 Å². The lowest BCUT2D eigenvalue weighted by atomic mass is 9.44. The van der Waals surface area contributed by atoms with Crippen LogP contribution in [0.5, 0.6) is 0 Å². The van der Waals surface area contributed by atoms with E-state index in [0.29, 0.717) is 11.9 Å². The summed E-state index contributed by atoms with van der Waals surface area (Å²) in [5.74, 6) is 1.23. The molecule has 0 spiro atoms. The Balaban J connectivity index is 1.10. The summed E-state index contributed by atoms with van der Waals surface area (Å²) in [6.07, 6.45) is 8.90. The number of H-pyrrole nitrogens is 1. The number of para-hydroxylation sites is 1. The first kappa shape index (κ1) is 15.4. The number of rotatable bonds is 5. The lowest BCUT2D eigenvalue weighted by Gasteiger charge is -2.60. The van der Waals surface area contributed by atoms with Crippen LogP contribution >= 0.6 is 0 Å². The number of aromatic nitrogens is 1. The zero-order valence-corrected chi connectivity index (χ0v) is 14.8. The number of hydrogen-bond donors (Lipinski definition) is 2. The molecule has 6 rings (SSSR count). The van der Waals surface area contributed by atoms with Crippen LogP contribution in [0.4, 0.5) is 0 Å². The Kier molecular flexibility index (Phi) is 3.63. The zero-order chi connectivity index (χ0) is 16.9. The van der Waals surface area contributed by atoms with Gasteiger partial charge < -0.3 is 15.2 Å². The van der Waals surface area contributed by atoms with E-state index in [-0.39, 0.29) is 5.41 Å². The largest absolute Gasteiger partial charge is 0.361 e. The number of piperidine rings is 1. The SMILES string of the molecule is O=C(NC1CCN(CCc2c[nH]c3ccccc23)CC1)C12CC(C1)C2. The average Bonchev–Trinajstić information content (AvgIpc) is 2.94. The molecule has 2 N–H and O–H groups in total. The van der Waals surface area contributed by atoms with Crippen molar-refractivity contribution in [3.8, 4) is 0 Å². The van der Waals surface area contributed by atoms with Crippen LogP contribution in [0.25, 0.3) is 10.9 Å². The van der Waals surface area contributed by atoms with Crippen LogP contribution < -0.4 is 5.32 Å². The summed E-state index contributed by atoms with van der Waals surface area (Å²) >= 11 is 0. The maximum Gasteiger partial charge on any atom is 0.226 e. The maximum absolute atomic E-state index is 12.4. The van der Waals surface area contributed by atoms with Gasteiger partial charge in [-0.3, -0.25) is 4.79 Å². The van der Waals surface area contributed by atoms with E-state index < -0.39 is 0 Å². The Bertz CT molecular complexity index is 770. The molecule has 3 aliphatic carbocycles. The fraction of sp³-hybridized carbons (Fsp3) is 0.571. The molecule has 3 saturated carbocycles. The average molecular weight is 337 g/mol. The third-order valence-corrected chi connectivity index (χ3v) is 6.81. The molecule has 2 heterocycles. The lowest BCUT2D eigenvalue weighted by molar-refractivity contribution is -0.166. The molecule has 25 heavy (non-hydrogen) atoms. The predicted molar refractivity (Wildman–Crippen MR) is 99.4 cm³/mol. The molecule has 1 aromatic carbocycles. The standard InChI is InChI=1S/C21H27N3O/c25-20(21-11-15(12-21)13-21)23-17-6-9-24(10-7-17)8-5-16-14-22-19-4-2-1-3-18(16)19/h1-4,14-15,17,22H,5-13H2,(H,23,25). The molecule has 0 atom stereocenters. The molecule has 1 aliphatic heterocycles. The van der Waals surface area contributed by atoms with E-state index in [1.54, 1.807) is 0 Å². The monoisotopic (exact) mass is 337 g/mol. The Morgan fingerprint density at radius 1 is 1.20 bits per heavy atom. The quantitative estimate of drug-likeness (QED) is 0.881. The van der Waals surface area contributed by atoms with Crippen LogP contribution in [0.1, 0.15) is 37.7 Å².